The molecule has 1 aliphatic heterocycles. The van der Waals surface area contributed by atoms with Crippen molar-refractivity contribution in [3.05, 3.63) is 0 Å². The normalized spacial score (nSPS) is 23.5. The van der Waals surface area contributed by atoms with Gasteiger partial charge in [-0.1, -0.05) is 0 Å². The summed E-state index contributed by atoms with van der Waals surface area (Å²) in [5.41, 5.74) is 0. The first-order valence-electron chi connectivity index (χ1n) is 4.18. The molecule has 0 bridgehead atoms. The van der Waals surface area contributed by atoms with Crippen molar-refractivity contribution in [2.24, 2.45) is 0 Å². The van der Waals surface area contributed by atoms with Crippen molar-refractivity contribution in [2.45, 2.75) is 13.3 Å². The van der Waals surface area contributed by atoms with Gasteiger partial charge in [0.15, 0.2) is 0 Å². The average Bonchev–Trinajstić information content (AvgIpc) is 2.36. The molecule has 0 atom stereocenters. The van der Waals surface area contributed by atoms with Crippen LogP contribution in [0.15, 0.2) is 0 Å². The summed E-state index contributed by atoms with van der Waals surface area (Å²) in [7, 11) is -2.66. The summed E-state index contributed by atoms with van der Waals surface area (Å²) in [5.74, 6) is -0.339. The zero-order chi connectivity index (χ0) is 9.03. The first kappa shape index (κ1) is 9.90. The Morgan fingerprint density at radius 2 is 2.50 bits per heavy atom. The molecule has 0 unspecified atom stereocenters. The number of rotatable bonds is 3. The van der Waals surface area contributed by atoms with E-state index in [0.717, 1.165) is 6.42 Å². The quantitative estimate of drug-likeness (QED) is 0.526. The monoisotopic (exact) mass is 194 g/mol. The summed E-state index contributed by atoms with van der Waals surface area (Å²) in [4.78, 5) is 20.7. The van der Waals surface area contributed by atoms with Gasteiger partial charge in [-0.25, -0.2) is 0 Å². The molecule has 0 aromatic rings. The van der Waals surface area contributed by atoms with Crippen LogP contribution in [0.4, 0.5) is 0 Å². The molecule has 0 aromatic carbocycles. The van der Waals surface area contributed by atoms with E-state index in [1.54, 1.807) is 6.92 Å². The number of hydrogen-bond acceptors (Lipinski definition) is 4. The number of carbonyl (C=O) groups excluding carboxylic acids is 1. The fourth-order valence-corrected chi connectivity index (χ4v) is 3.46. The van der Waals surface area contributed by atoms with E-state index < -0.39 is 7.72 Å². The molecular formula is C7H15O4P. The molecule has 1 heterocycles. The molecule has 0 radical (unpaired) electrons. The maximum atomic E-state index is 11.0. The van der Waals surface area contributed by atoms with Gasteiger partial charge < -0.3 is 0 Å². The molecule has 1 aliphatic rings. The first-order valence-corrected chi connectivity index (χ1v) is 6.45. The van der Waals surface area contributed by atoms with Crippen LogP contribution >= 0.6 is 7.72 Å². The van der Waals surface area contributed by atoms with E-state index in [1.165, 1.54) is 0 Å². The Hall–Kier alpha value is -0.180. The summed E-state index contributed by atoms with van der Waals surface area (Å²) < 4.78 is 9.88. The third kappa shape index (κ3) is 2.70. The van der Waals surface area contributed by atoms with Crippen molar-refractivity contribution in [3.8, 4) is 0 Å². The molecular weight excluding hydrogens is 179 g/mol. The third-order valence-electron chi connectivity index (χ3n) is 1.81. The topological polar surface area (TPSA) is 55.8 Å². The van der Waals surface area contributed by atoms with Crippen LogP contribution in [0.25, 0.3) is 0 Å². The molecule has 0 amide bonds. The molecule has 0 aliphatic carbocycles. The van der Waals surface area contributed by atoms with Crippen LogP contribution in [-0.4, -0.2) is 36.4 Å². The van der Waals surface area contributed by atoms with Crippen LogP contribution in [0.3, 0.4) is 0 Å². The molecule has 72 valence electrons. The molecule has 4 nitrogen and oxygen atoms in total. The Morgan fingerprint density at radius 1 is 1.75 bits per heavy atom. The Bertz CT molecular complexity index is 165. The van der Waals surface area contributed by atoms with Gasteiger partial charge in [0, 0.05) is 0 Å². The van der Waals surface area contributed by atoms with Gasteiger partial charge in [0.1, 0.15) is 0 Å². The maximum absolute atomic E-state index is 11.0. The fraction of sp³-hybridized carbons (Fsp3) is 0.857. The predicted octanol–water partition coefficient (Wildman–Crippen LogP) is 0.542. The minimum absolute atomic E-state index is 0.0842. The molecule has 1 saturated heterocycles. The van der Waals surface area contributed by atoms with Gasteiger partial charge in [0.05, 0.1) is 0 Å². The summed E-state index contributed by atoms with van der Waals surface area (Å²) >= 11 is 0. The molecule has 0 saturated carbocycles. The van der Waals surface area contributed by atoms with Gasteiger partial charge in [-0.05, 0) is 0 Å². The Balaban J connectivity index is 2.33. The van der Waals surface area contributed by atoms with Crippen molar-refractivity contribution in [1.29, 1.82) is 0 Å². The molecule has 5 heteroatoms. The Morgan fingerprint density at radius 3 is 3.00 bits per heavy atom. The summed E-state index contributed by atoms with van der Waals surface area (Å²) in [6, 6.07) is 0. The number of ether oxygens (including phenoxy) is 1. The zero-order valence-corrected chi connectivity index (χ0v) is 8.21. The van der Waals surface area contributed by atoms with Gasteiger partial charge in [-0.3, -0.25) is 0 Å². The van der Waals surface area contributed by atoms with Gasteiger partial charge in [0.25, 0.3) is 0 Å². The summed E-state index contributed by atoms with van der Waals surface area (Å²) in [5, 5.41) is 0. The van der Waals surface area contributed by atoms with E-state index in [4.69, 9.17) is 9.26 Å². The number of hydrogen-bond donors (Lipinski definition) is 1. The second-order valence-electron chi connectivity index (χ2n) is 2.88. The van der Waals surface area contributed by atoms with E-state index in [9.17, 15) is 9.69 Å². The van der Waals surface area contributed by atoms with Gasteiger partial charge >= 0.3 is 71.5 Å². The second-order valence-corrected chi connectivity index (χ2v) is 5.91. The molecule has 12 heavy (non-hydrogen) atoms. The summed E-state index contributed by atoms with van der Waals surface area (Å²) in [6.45, 7) is 2.70. The first-order chi connectivity index (χ1) is 5.66. The van der Waals surface area contributed by atoms with E-state index in [-0.39, 0.29) is 12.1 Å². The van der Waals surface area contributed by atoms with Crippen LogP contribution in [0.1, 0.15) is 13.3 Å². The SMILES string of the molecule is CCOC(=O)C[PH]1(O)CCCO1. The Labute approximate surface area is 72.4 Å². The van der Waals surface area contributed by atoms with Crippen molar-refractivity contribution in [2.75, 3.05) is 25.5 Å². The molecule has 1 fully saturated rings. The van der Waals surface area contributed by atoms with Crippen molar-refractivity contribution in [3.63, 3.8) is 0 Å². The molecule has 0 aromatic heterocycles. The van der Waals surface area contributed by atoms with Crippen molar-refractivity contribution < 1.29 is 18.9 Å². The molecule has 1 rings (SSSR count). The number of carbonyl (C=O) groups is 1. The van der Waals surface area contributed by atoms with Crippen LogP contribution in [0.5, 0.6) is 0 Å². The van der Waals surface area contributed by atoms with Crippen molar-refractivity contribution in [1.82, 2.24) is 0 Å². The predicted molar refractivity (Wildman–Crippen MR) is 47.5 cm³/mol. The third-order valence-corrected chi connectivity index (χ3v) is 4.53. The molecule has 1 N–H and O–H groups in total. The summed E-state index contributed by atoms with van der Waals surface area (Å²) in [6.07, 6.45) is 1.61. The van der Waals surface area contributed by atoms with E-state index >= 15 is 0 Å². The van der Waals surface area contributed by atoms with Gasteiger partial charge in [-0.2, -0.15) is 0 Å². The Kier molecular flexibility index (Phi) is 3.44. The average molecular weight is 194 g/mol. The molecule has 0 spiro atoms. The van der Waals surface area contributed by atoms with Crippen LogP contribution in [-0.2, 0) is 14.1 Å². The van der Waals surface area contributed by atoms with Crippen LogP contribution < -0.4 is 0 Å². The standard InChI is InChI=1S/C7H15O4P/c1-2-10-7(8)6-12(9)5-3-4-11-12/h9,12H,2-6H2,1H3. The van der Waals surface area contributed by atoms with Crippen molar-refractivity contribution >= 4 is 13.7 Å². The number of esters is 1. The fourth-order valence-electron chi connectivity index (χ4n) is 1.26. The van der Waals surface area contributed by atoms with Gasteiger partial charge in [-0.15, -0.1) is 0 Å². The van der Waals surface area contributed by atoms with Gasteiger partial charge in [0.2, 0.25) is 0 Å². The van der Waals surface area contributed by atoms with E-state index in [2.05, 4.69) is 0 Å². The van der Waals surface area contributed by atoms with E-state index in [0.29, 0.717) is 19.4 Å². The van der Waals surface area contributed by atoms with Crippen LogP contribution in [0.2, 0.25) is 0 Å². The minimum atomic E-state index is -2.66. The second kappa shape index (κ2) is 4.17. The van der Waals surface area contributed by atoms with Crippen LogP contribution in [0, 0.1) is 0 Å². The zero-order valence-electron chi connectivity index (χ0n) is 7.21. The van der Waals surface area contributed by atoms with E-state index in [1.807, 2.05) is 0 Å².